The summed E-state index contributed by atoms with van der Waals surface area (Å²) in [6, 6.07) is 1.60. The number of nitrogens with two attached hydrogens (primary N) is 1. The molecule has 2 aliphatic heterocycles. The molecule has 3 heteroatoms. The van der Waals surface area contributed by atoms with Crippen LogP contribution in [0, 0.1) is 5.41 Å². The number of piperidine rings is 1. The molecule has 0 amide bonds. The van der Waals surface area contributed by atoms with Gasteiger partial charge in [-0.3, -0.25) is 4.90 Å². The molecule has 3 unspecified atom stereocenters. The van der Waals surface area contributed by atoms with E-state index in [0.29, 0.717) is 18.1 Å². The van der Waals surface area contributed by atoms with Crippen LogP contribution in [-0.2, 0) is 0 Å². The van der Waals surface area contributed by atoms with E-state index in [1.54, 1.807) is 0 Å². The van der Waals surface area contributed by atoms with Crippen LogP contribution in [0.15, 0.2) is 0 Å². The summed E-state index contributed by atoms with van der Waals surface area (Å²) in [4.78, 5) is 2.62. The van der Waals surface area contributed by atoms with Crippen molar-refractivity contribution in [1.29, 1.82) is 0 Å². The topological polar surface area (TPSA) is 49.5 Å². The fourth-order valence-electron chi connectivity index (χ4n) is 3.62. The van der Waals surface area contributed by atoms with Gasteiger partial charge in [0.1, 0.15) is 0 Å². The van der Waals surface area contributed by atoms with Crippen molar-refractivity contribution in [3.05, 3.63) is 0 Å². The van der Waals surface area contributed by atoms with E-state index in [-0.39, 0.29) is 11.5 Å². The van der Waals surface area contributed by atoms with Crippen LogP contribution in [0.5, 0.6) is 0 Å². The Balaban J connectivity index is 2.15. The first-order chi connectivity index (χ1) is 7.43. The smallest absolute Gasteiger partial charge is 0.0570 e. The molecular weight excluding hydrogens is 200 g/mol. The number of nitrogens with zero attached hydrogens (tertiary/aromatic N) is 1. The summed E-state index contributed by atoms with van der Waals surface area (Å²) in [5.74, 6) is 0. The highest BCUT2D eigenvalue weighted by molar-refractivity contribution is 5.00. The number of aliphatic hydroxyl groups is 1. The number of hydrogen-bond donors (Lipinski definition) is 2. The van der Waals surface area contributed by atoms with Crippen LogP contribution < -0.4 is 5.73 Å². The SMILES string of the molecule is CC(C)(C)C(CN)N1C2CCC1CC(O)C2. The van der Waals surface area contributed by atoms with Crippen LogP contribution >= 0.6 is 0 Å². The maximum Gasteiger partial charge on any atom is 0.0570 e. The molecule has 3 nitrogen and oxygen atoms in total. The summed E-state index contributed by atoms with van der Waals surface area (Å²) in [6.07, 6.45) is 4.31. The Morgan fingerprint density at radius 1 is 1.25 bits per heavy atom. The van der Waals surface area contributed by atoms with E-state index in [9.17, 15) is 5.11 Å². The summed E-state index contributed by atoms with van der Waals surface area (Å²) in [7, 11) is 0. The Morgan fingerprint density at radius 2 is 1.75 bits per heavy atom. The van der Waals surface area contributed by atoms with Crippen LogP contribution in [0.25, 0.3) is 0 Å². The van der Waals surface area contributed by atoms with E-state index in [1.165, 1.54) is 12.8 Å². The third-order valence-electron chi connectivity index (χ3n) is 4.35. The zero-order chi connectivity index (χ0) is 11.9. The molecule has 2 saturated heterocycles. The van der Waals surface area contributed by atoms with Crippen LogP contribution in [0.4, 0.5) is 0 Å². The van der Waals surface area contributed by atoms with Gasteiger partial charge in [0.15, 0.2) is 0 Å². The Bertz CT molecular complexity index is 235. The Labute approximate surface area is 99.0 Å². The average Bonchev–Trinajstić information content (AvgIpc) is 2.43. The van der Waals surface area contributed by atoms with Gasteiger partial charge in [0, 0.05) is 24.7 Å². The fourth-order valence-corrected chi connectivity index (χ4v) is 3.62. The molecule has 0 spiro atoms. The largest absolute Gasteiger partial charge is 0.393 e. The van der Waals surface area contributed by atoms with E-state index in [1.807, 2.05) is 0 Å². The molecule has 2 rings (SSSR count). The summed E-state index contributed by atoms with van der Waals surface area (Å²) in [5.41, 5.74) is 6.21. The molecule has 0 aromatic heterocycles. The van der Waals surface area contributed by atoms with Crippen LogP contribution in [-0.4, -0.2) is 40.8 Å². The van der Waals surface area contributed by atoms with Gasteiger partial charge < -0.3 is 10.8 Å². The third-order valence-corrected chi connectivity index (χ3v) is 4.35. The fraction of sp³-hybridized carbons (Fsp3) is 1.00. The van der Waals surface area contributed by atoms with Crippen molar-refractivity contribution >= 4 is 0 Å². The molecule has 94 valence electrons. The second kappa shape index (κ2) is 4.28. The minimum atomic E-state index is -0.0767. The Hall–Kier alpha value is -0.120. The summed E-state index contributed by atoms with van der Waals surface area (Å²) < 4.78 is 0. The molecular formula is C13H26N2O. The van der Waals surface area contributed by atoms with E-state index >= 15 is 0 Å². The first kappa shape index (κ1) is 12.3. The van der Waals surface area contributed by atoms with Gasteiger partial charge in [-0.15, -0.1) is 0 Å². The Kier molecular flexibility index (Phi) is 3.30. The second-order valence-corrected chi connectivity index (χ2v) is 6.57. The van der Waals surface area contributed by atoms with Crippen molar-refractivity contribution in [2.75, 3.05) is 6.54 Å². The van der Waals surface area contributed by atoms with Crippen molar-refractivity contribution in [3.8, 4) is 0 Å². The predicted octanol–water partition coefficient (Wildman–Crippen LogP) is 1.35. The van der Waals surface area contributed by atoms with Gasteiger partial charge in [-0.05, 0) is 31.1 Å². The lowest BCUT2D eigenvalue weighted by molar-refractivity contribution is -0.0176. The van der Waals surface area contributed by atoms with E-state index in [4.69, 9.17) is 5.73 Å². The molecule has 3 N–H and O–H groups in total. The minimum absolute atomic E-state index is 0.0767. The summed E-state index contributed by atoms with van der Waals surface area (Å²) >= 11 is 0. The maximum absolute atomic E-state index is 9.81. The quantitative estimate of drug-likeness (QED) is 0.747. The van der Waals surface area contributed by atoms with Crippen molar-refractivity contribution in [1.82, 2.24) is 4.90 Å². The predicted molar refractivity (Wildman–Crippen MR) is 66.2 cm³/mol. The number of aliphatic hydroxyl groups excluding tert-OH is 1. The van der Waals surface area contributed by atoms with Gasteiger partial charge >= 0.3 is 0 Å². The third kappa shape index (κ3) is 2.13. The van der Waals surface area contributed by atoms with Gasteiger partial charge in [0.25, 0.3) is 0 Å². The number of hydrogen-bond acceptors (Lipinski definition) is 3. The zero-order valence-corrected chi connectivity index (χ0v) is 10.8. The normalized spacial score (nSPS) is 37.7. The van der Waals surface area contributed by atoms with Crippen molar-refractivity contribution in [2.45, 2.75) is 70.7 Å². The van der Waals surface area contributed by atoms with Gasteiger partial charge in [0.2, 0.25) is 0 Å². The molecule has 0 radical (unpaired) electrons. The number of fused-ring (bicyclic) bond motifs is 2. The summed E-state index contributed by atoms with van der Waals surface area (Å²) in [6.45, 7) is 7.55. The highest BCUT2D eigenvalue weighted by Gasteiger charge is 2.45. The molecule has 2 aliphatic rings. The van der Waals surface area contributed by atoms with E-state index < -0.39 is 0 Å². The molecule has 0 aromatic carbocycles. The Morgan fingerprint density at radius 3 is 2.12 bits per heavy atom. The first-order valence-corrected chi connectivity index (χ1v) is 6.59. The maximum atomic E-state index is 9.81. The van der Waals surface area contributed by atoms with Gasteiger partial charge in [0.05, 0.1) is 6.10 Å². The van der Waals surface area contributed by atoms with Crippen molar-refractivity contribution < 1.29 is 5.11 Å². The van der Waals surface area contributed by atoms with Crippen LogP contribution in [0.1, 0.15) is 46.5 Å². The lowest BCUT2D eigenvalue weighted by atomic mass is 9.83. The van der Waals surface area contributed by atoms with E-state index in [2.05, 4.69) is 25.7 Å². The summed E-state index contributed by atoms with van der Waals surface area (Å²) in [5, 5.41) is 9.81. The van der Waals surface area contributed by atoms with Crippen molar-refractivity contribution in [3.63, 3.8) is 0 Å². The highest BCUT2D eigenvalue weighted by atomic mass is 16.3. The average molecular weight is 226 g/mol. The van der Waals surface area contributed by atoms with Crippen molar-refractivity contribution in [2.24, 2.45) is 11.1 Å². The number of rotatable bonds is 2. The molecule has 0 aliphatic carbocycles. The minimum Gasteiger partial charge on any atom is -0.393 e. The monoisotopic (exact) mass is 226 g/mol. The molecule has 0 aromatic rings. The molecule has 2 heterocycles. The highest BCUT2D eigenvalue weighted by Crippen LogP contribution is 2.40. The zero-order valence-electron chi connectivity index (χ0n) is 10.8. The molecule has 3 atom stereocenters. The van der Waals surface area contributed by atoms with Crippen LogP contribution in [0.3, 0.4) is 0 Å². The van der Waals surface area contributed by atoms with Gasteiger partial charge in [-0.1, -0.05) is 20.8 Å². The van der Waals surface area contributed by atoms with Gasteiger partial charge in [-0.2, -0.15) is 0 Å². The lowest BCUT2D eigenvalue weighted by Gasteiger charge is -2.47. The molecule has 0 saturated carbocycles. The molecule has 2 bridgehead atoms. The second-order valence-electron chi connectivity index (χ2n) is 6.57. The standard InChI is InChI=1S/C13H26N2O/c1-13(2,3)12(8-14)15-9-4-5-10(15)7-11(16)6-9/h9-12,16H,4-8,14H2,1-3H3. The van der Waals surface area contributed by atoms with Gasteiger partial charge in [-0.25, -0.2) is 0 Å². The molecule has 16 heavy (non-hydrogen) atoms. The van der Waals surface area contributed by atoms with E-state index in [0.717, 1.165) is 19.4 Å². The van der Waals surface area contributed by atoms with Crippen LogP contribution in [0.2, 0.25) is 0 Å². The first-order valence-electron chi connectivity index (χ1n) is 6.59. The molecule has 2 fully saturated rings. The lowest BCUT2D eigenvalue weighted by Crippen LogP contribution is -2.57.